The molecule has 0 radical (unpaired) electrons. The topological polar surface area (TPSA) is 91.3 Å². The van der Waals surface area contributed by atoms with Gasteiger partial charge in [-0.3, -0.25) is 14.6 Å². The van der Waals surface area contributed by atoms with Crippen LogP contribution < -0.4 is 10.2 Å². The summed E-state index contributed by atoms with van der Waals surface area (Å²) in [6, 6.07) is 7.13. The van der Waals surface area contributed by atoms with Gasteiger partial charge in [0.05, 0.1) is 0 Å². The minimum absolute atomic E-state index is 0.267. The summed E-state index contributed by atoms with van der Waals surface area (Å²) >= 11 is 0. The second-order valence-electron chi connectivity index (χ2n) is 5.44. The summed E-state index contributed by atoms with van der Waals surface area (Å²) in [7, 11) is 0. The van der Waals surface area contributed by atoms with Gasteiger partial charge in [0.2, 0.25) is 6.41 Å². The molecule has 124 valence electrons. The molecule has 8 heteroatoms. The molecule has 0 saturated carbocycles. The summed E-state index contributed by atoms with van der Waals surface area (Å²) in [5, 5.41) is 10.9. The van der Waals surface area contributed by atoms with E-state index in [1.165, 1.54) is 0 Å². The molecule has 24 heavy (non-hydrogen) atoms. The average molecular weight is 326 g/mol. The van der Waals surface area contributed by atoms with Crippen LogP contribution in [-0.2, 0) is 11.3 Å². The molecule has 1 saturated heterocycles. The largest absolute Gasteiger partial charge is 0.352 e. The summed E-state index contributed by atoms with van der Waals surface area (Å²) in [5.41, 5.74) is 1.25. The van der Waals surface area contributed by atoms with Crippen LogP contribution in [0, 0.1) is 0 Å². The predicted molar refractivity (Wildman–Crippen MR) is 87.3 cm³/mol. The van der Waals surface area contributed by atoms with Gasteiger partial charge in [0.15, 0.2) is 11.5 Å². The van der Waals surface area contributed by atoms with Gasteiger partial charge in [-0.05, 0) is 29.8 Å². The second-order valence-corrected chi connectivity index (χ2v) is 5.44. The number of amides is 2. The van der Waals surface area contributed by atoms with Gasteiger partial charge in [-0.1, -0.05) is 0 Å². The van der Waals surface area contributed by atoms with Crippen molar-refractivity contribution < 1.29 is 9.59 Å². The van der Waals surface area contributed by atoms with E-state index in [-0.39, 0.29) is 11.6 Å². The Labute approximate surface area is 139 Å². The van der Waals surface area contributed by atoms with Gasteiger partial charge in [0, 0.05) is 45.1 Å². The molecule has 1 fully saturated rings. The molecule has 2 aromatic rings. The third kappa shape index (κ3) is 3.83. The van der Waals surface area contributed by atoms with Gasteiger partial charge in [-0.15, -0.1) is 10.2 Å². The summed E-state index contributed by atoms with van der Waals surface area (Å²) in [5.74, 6) is 0.447. The lowest BCUT2D eigenvalue weighted by Gasteiger charge is -2.32. The molecule has 8 nitrogen and oxygen atoms in total. The maximum absolute atomic E-state index is 12.1. The second kappa shape index (κ2) is 7.49. The highest BCUT2D eigenvalue weighted by Crippen LogP contribution is 2.12. The Bertz CT molecular complexity index is 683. The summed E-state index contributed by atoms with van der Waals surface area (Å²) in [6.45, 7) is 3.17. The van der Waals surface area contributed by atoms with Crippen LogP contribution in [0.25, 0.3) is 0 Å². The SMILES string of the molecule is O=CN1CCN(c2ccc(C(=O)NCc3ccncc3)nn2)CC1. The van der Waals surface area contributed by atoms with Crippen molar-refractivity contribution in [3.8, 4) is 0 Å². The molecule has 3 rings (SSSR count). The lowest BCUT2D eigenvalue weighted by Crippen LogP contribution is -2.46. The van der Waals surface area contributed by atoms with Gasteiger partial charge in [-0.25, -0.2) is 0 Å². The van der Waals surface area contributed by atoms with Gasteiger partial charge < -0.3 is 15.1 Å². The number of carbonyl (C=O) groups is 2. The van der Waals surface area contributed by atoms with Crippen LogP contribution in [0.1, 0.15) is 16.1 Å². The first-order chi connectivity index (χ1) is 11.8. The van der Waals surface area contributed by atoms with Crippen molar-refractivity contribution in [2.24, 2.45) is 0 Å². The van der Waals surface area contributed by atoms with Crippen LogP contribution >= 0.6 is 0 Å². The van der Waals surface area contributed by atoms with E-state index in [9.17, 15) is 9.59 Å². The van der Waals surface area contributed by atoms with E-state index in [4.69, 9.17) is 0 Å². The minimum Gasteiger partial charge on any atom is -0.352 e. The van der Waals surface area contributed by atoms with E-state index in [1.54, 1.807) is 29.4 Å². The number of carbonyl (C=O) groups excluding carboxylic acids is 2. The molecule has 3 heterocycles. The normalized spacial score (nSPS) is 14.3. The molecule has 1 N–H and O–H groups in total. The third-order valence-electron chi connectivity index (χ3n) is 3.87. The van der Waals surface area contributed by atoms with Crippen molar-refractivity contribution in [3.05, 3.63) is 47.9 Å². The molecule has 2 amide bonds. The molecular weight excluding hydrogens is 308 g/mol. The van der Waals surface area contributed by atoms with E-state index in [0.717, 1.165) is 12.0 Å². The first-order valence-corrected chi connectivity index (χ1v) is 7.71. The number of nitrogens with one attached hydrogen (secondary N) is 1. The number of aromatic nitrogens is 3. The van der Waals surface area contributed by atoms with E-state index in [2.05, 4.69) is 20.5 Å². The van der Waals surface area contributed by atoms with Crippen molar-refractivity contribution in [1.29, 1.82) is 0 Å². The van der Waals surface area contributed by atoms with E-state index in [0.29, 0.717) is 38.5 Å². The molecule has 0 aromatic carbocycles. The number of rotatable bonds is 5. The van der Waals surface area contributed by atoms with Crippen LogP contribution in [0.3, 0.4) is 0 Å². The van der Waals surface area contributed by atoms with Crippen molar-refractivity contribution in [3.63, 3.8) is 0 Å². The Hall–Kier alpha value is -3.03. The standard InChI is InChI=1S/C16H18N6O2/c23-12-21-7-9-22(10-8-21)15-2-1-14(19-20-15)16(24)18-11-13-3-5-17-6-4-13/h1-6,12H,7-11H2,(H,18,24). The van der Waals surface area contributed by atoms with Gasteiger partial charge in [0.1, 0.15) is 0 Å². The number of hydrogen-bond donors (Lipinski definition) is 1. The van der Waals surface area contributed by atoms with Gasteiger partial charge in [0.25, 0.3) is 5.91 Å². The van der Waals surface area contributed by atoms with Crippen LogP contribution in [0.2, 0.25) is 0 Å². The number of nitrogens with zero attached hydrogens (tertiary/aromatic N) is 5. The summed E-state index contributed by atoms with van der Waals surface area (Å²) < 4.78 is 0. The van der Waals surface area contributed by atoms with Gasteiger partial charge >= 0.3 is 0 Å². The predicted octanol–water partition coefficient (Wildman–Crippen LogP) is 0.0800. The zero-order valence-electron chi connectivity index (χ0n) is 13.1. The van der Waals surface area contributed by atoms with Crippen LogP contribution in [0.15, 0.2) is 36.7 Å². The summed E-state index contributed by atoms with van der Waals surface area (Å²) in [6.07, 6.45) is 4.22. The zero-order valence-corrected chi connectivity index (χ0v) is 13.1. The zero-order chi connectivity index (χ0) is 16.8. The Kier molecular flexibility index (Phi) is 4.95. The average Bonchev–Trinajstić information content (AvgIpc) is 2.67. The maximum Gasteiger partial charge on any atom is 0.272 e. The van der Waals surface area contributed by atoms with E-state index in [1.807, 2.05) is 17.0 Å². The first-order valence-electron chi connectivity index (χ1n) is 7.71. The Morgan fingerprint density at radius 1 is 1.08 bits per heavy atom. The van der Waals surface area contributed by atoms with Crippen molar-refractivity contribution in [2.75, 3.05) is 31.1 Å². The molecule has 0 spiro atoms. The molecule has 0 aliphatic carbocycles. The number of anilines is 1. The highest BCUT2D eigenvalue weighted by atomic mass is 16.2. The quantitative estimate of drug-likeness (QED) is 0.783. The fourth-order valence-electron chi connectivity index (χ4n) is 2.44. The van der Waals surface area contributed by atoms with Crippen molar-refractivity contribution >= 4 is 18.1 Å². The van der Waals surface area contributed by atoms with E-state index < -0.39 is 0 Å². The molecule has 2 aromatic heterocycles. The lowest BCUT2D eigenvalue weighted by atomic mass is 10.2. The van der Waals surface area contributed by atoms with Crippen molar-refractivity contribution in [2.45, 2.75) is 6.54 Å². The fraction of sp³-hybridized carbons (Fsp3) is 0.312. The smallest absolute Gasteiger partial charge is 0.272 e. The third-order valence-corrected chi connectivity index (χ3v) is 3.87. The van der Waals surface area contributed by atoms with E-state index >= 15 is 0 Å². The minimum atomic E-state index is -0.267. The highest BCUT2D eigenvalue weighted by molar-refractivity contribution is 5.92. The highest BCUT2D eigenvalue weighted by Gasteiger charge is 2.17. The molecule has 1 aliphatic rings. The maximum atomic E-state index is 12.1. The molecule has 1 aliphatic heterocycles. The van der Waals surface area contributed by atoms with Crippen LogP contribution in [0.4, 0.5) is 5.82 Å². The number of hydrogen-bond acceptors (Lipinski definition) is 6. The number of piperazine rings is 1. The lowest BCUT2D eigenvalue weighted by molar-refractivity contribution is -0.118. The molecule has 0 atom stereocenters. The van der Waals surface area contributed by atoms with Gasteiger partial charge in [-0.2, -0.15) is 0 Å². The number of pyridine rings is 1. The summed E-state index contributed by atoms with van der Waals surface area (Å²) in [4.78, 5) is 30.5. The molecular formula is C16H18N6O2. The monoisotopic (exact) mass is 326 g/mol. The molecule has 0 unspecified atom stereocenters. The van der Waals surface area contributed by atoms with Crippen molar-refractivity contribution in [1.82, 2.24) is 25.4 Å². The molecule has 0 bridgehead atoms. The Morgan fingerprint density at radius 3 is 2.46 bits per heavy atom. The fourth-order valence-corrected chi connectivity index (χ4v) is 2.44. The Morgan fingerprint density at radius 2 is 1.83 bits per heavy atom. The van der Waals surface area contributed by atoms with Crippen LogP contribution in [0.5, 0.6) is 0 Å². The first kappa shape index (κ1) is 15.9. The van der Waals surface area contributed by atoms with Crippen LogP contribution in [-0.4, -0.2) is 58.6 Å². The Balaban J connectivity index is 1.56.